The monoisotopic (exact) mass is 424 g/mol. The van der Waals surface area contributed by atoms with Gasteiger partial charge in [0, 0.05) is 11.6 Å². The highest BCUT2D eigenvalue weighted by Crippen LogP contribution is 2.39. The van der Waals surface area contributed by atoms with Crippen molar-refractivity contribution in [1.82, 2.24) is 10.2 Å². The summed E-state index contributed by atoms with van der Waals surface area (Å²) >= 11 is 5.93. The molecule has 154 valence electrons. The van der Waals surface area contributed by atoms with Crippen LogP contribution in [0.25, 0.3) is 0 Å². The fourth-order valence-corrected chi connectivity index (χ4v) is 3.23. The van der Waals surface area contributed by atoms with E-state index < -0.39 is 17.8 Å². The first kappa shape index (κ1) is 21.2. The molecule has 0 spiro atoms. The van der Waals surface area contributed by atoms with Crippen molar-refractivity contribution in [1.29, 1.82) is 0 Å². The molecule has 1 aliphatic rings. The number of ether oxygens (including phenoxy) is 1. The van der Waals surface area contributed by atoms with E-state index in [2.05, 4.69) is 11.9 Å². The number of carbonyl (C=O) groups excluding carboxylic acids is 1. The van der Waals surface area contributed by atoms with Crippen molar-refractivity contribution in [3.8, 4) is 0 Å². The van der Waals surface area contributed by atoms with Crippen LogP contribution in [0.1, 0.15) is 22.8 Å². The molecule has 1 fully saturated rings. The summed E-state index contributed by atoms with van der Waals surface area (Å²) in [7, 11) is 0. The minimum atomic E-state index is -4.51. The summed E-state index contributed by atoms with van der Waals surface area (Å²) in [5.74, 6) is 0. The molecule has 0 aliphatic carbocycles. The van der Waals surface area contributed by atoms with Gasteiger partial charge in [-0.25, -0.2) is 4.79 Å². The summed E-state index contributed by atoms with van der Waals surface area (Å²) in [5, 5.41) is 3.13. The third-order valence-corrected chi connectivity index (χ3v) is 4.83. The van der Waals surface area contributed by atoms with Gasteiger partial charge in [0.25, 0.3) is 0 Å². The van der Waals surface area contributed by atoms with Crippen molar-refractivity contribution >= 4 is 17.6 Å². The van der Waals surface area contributed by atoms with E-state index in [1.165, 1.54) is 17.0 Å². The van der Waals surface area contributed by atoms with Crippen LogP contribution < -0.4 is 5.32 Å². The van der Waals surface area contributed by atoms with Crippen LogP contribution in [0.2, 0.25) is 5.02 Å². The molecule has 29 heavy (non-hydrogen) atoms. The first-order valence-electron chi connectivity index (χ1n) is 9.00. The Kier molecular flexibility index (Phi) is 6.49. The van der Waals surface area contributed by atoms with Crippen molar-refractivity contribution in [2.24, 2.45) is 0 Å². The molecule has 1 aliphatic heterocycles. The number of alkyl halides is 3. The van der Waals surface area contributed by atoms with Gasteiger partial charge >= 0.3 is 12.2 Å². The molecule has 2 aromatic carbocycles. The molecule has 0 radical (unpaired) electrons. The Hall–Kier alpha value is -2.51. The second-order valence-electron chi connectivity index (χ2n) is 6.65. The number of urea groups is 1. The Balaban J connectivity index is 1.83. The molecule has 0 saturated carbocycles. The van der Waals surface area contributed by atoms with Crippen LogP contribution in [0.15, 0.2) is 61.2 Å². The lowest BCUT2D eigenvalue weighted by atomic mass is 9.95. The summed E-state index contributed by atoms with van der Waals surface area (Å²) in [6, 6.07) is 11.6. The maximum absolute atomic E-state index is 13.6. The van der Waals surface area contributed by atoms with Crippen LogP contribution in [0.4, 0.5) is 18.0 Å². The molecule has 4 nitrogen and oxygen atoms in total. The number of amides is 2. The van der Waals surface area contributed by atoms with Crippen molar-refractivity contribution in [2.45, 2.75) is 18.4 Å². The van der Waals surface area contributed by atoms with Crippen molar-refractivity contribution in [3.05, 3.63) is 82.9 Å². The molecule has 2 aromatic rings. The molecular weight excluding hydrogens is 405 g/mol. The average molecular weight is 425 g/mol. The predicted octanol–water partition coefficient (Wildman–Crippen LogP) is 5.04. The number of carbonyl (C=O) groups is 1. The van der Waals surface area contributed by atoms with E-state index in [9.17, 15) is 18.0 Å². The van der Waals surface area contributed by atoms with E-state index in [0.717, 1.165) is 6.07 Å². The normalized spacial score (nSPS) is 15.5. The molecule has 1 atom stereocenters. The van der Waals surface area contributed by atoms with Crippen LogP contribution in [0, 0.1) is 0 Å². The van der Waals surface area contributed by atoms with E-state index in [4.69, 9.17) is 16.3 Å². The van der Waals surface area contributed by atoms with E-state index in [1.54, 1.807) is 36.4 Å². The van der Waals surface area contributed by atoms with Gasteiger partial charge in [0.1, 0.15) is 6.10 Å². The topological polar surface area (TPSA) is 41.6 Å². The number of rotatable bonds is 6. The SMILES string of the molecule is C=CCNC(=O)N1CC(OC(c2ccc(Cl)cc2)c2ccccc2C(F)(F)F)C1. The maximum Gasteiger partial charge on any atom is 0.416 e. The van der Waals surface area contributed by atoms with Crippen LogP contribution in [-0.2, 0) is 10.9 Å². The molecular formula is C21H20ClF3N2O2. The highest BCUT2D eigenvalue weighted by Gasteiger charge is 2.38. The van der Waals surface area contributed by atoms with Gasteiger partial charge in [-0.15, -0.1) is 6.58 Å². The molecule has 1 N–H and O–H groups in total. The van der Waals surface area contributed by atoms with Crippen molar-refractivity contribution in [2.75, 3.05) is 19.6 Å². The summed E-state index contributed by atoms with van der Waals surface area (Å²) in [5.41, 5.74) is -0.169. The first-order chi connectivity index (χ1) is 13.8. The standard InChI is InChI=1S/C21H20ClF3N2O2/c1-2-11-26-20(28)27-12-16(13-27)29-19(14-7-9-15(22)10-8-14)17-5-3-4-6-18(17)21(23,24)25/h2-10,16,19H,1,11-13H2,(H,26,28). The number of nitrogens with one attached hydrogen (secondary N) is 1. The summed E-state index contributed by atoms with van der Waals surface area (Å²) in [6.45, 7) is 4.46. The third kappa shape index (κ3) is 5.10. The quantitative estimate of drug-likeness (QED) is 0.660. The number of nitrogens with zero attached hydrogens (tertiary/aromatic N) is 1. The van der Waals surface area contributed by atoms with E-state index in [1.807, 2.05) is 0 Å². The van der Waals surface area contributed by atoms with E-state index in [-0.39, 0.29) is 17.7 Å². The number of hydrogen-bond donors (Lipinski definition) is 1. The van der Waals surface area contributed by atoms with E-state index in [0.29, 0.717) is 30.2 Å². The van der Waals surface area contributed by atoms with Gasteiger partial charge in [-0.05, 0) is 29.3 Å². The summed E-state index contributed by atoms with van der Waals surface area (Å²) in [4.78, 5) is 13.5. The molecule has 1 unspecified atom stereocenters. The second kappa shape index (κ2) is 8.88. The van der Waals surface area contributed by atoms with E-state index >= 15 is 0 Å². The van der Waals surface area contributed by atoms with Crippen LogP contribution in [-0.4, -0.2) is 36.7 Å². The first-order valence-corrected chi connectivity index (χ1v) is 9.38. The third-order valence-electron chi connectivity index (χ3n) is 4.58. The minimum absolute atomic E-state index is 0.0249. The summed E-state index contributed by atoms with van der Waals surface area (Å²) in [6.07, 6.45) is -4.27. The Morgan fingerprint density at radius 2 is 1.90 bits per heavy atom. The molecule has 2 amide bonds. The zero-order valence-electron chi connectivity index (χ0n) is 15.5. The zero-order chi connectivity index (χ0) is 21.0. The largest absolute Gasteiger partial charge is 0.416 e. The average Bonchev–Trinajstić information content (AvgIpc) is 2.65. The van der Waals surface area contributed by atoms with Crippen molar-refractivity contribution < 1.29 is 22.7 Å². The van der Waals surface area contributed by atoms with Gasteiger partial charge < -0.3 is 15.0 Å². The Morgan fingerprint density at radius 3 is 2.52 bits per heavy atom. The maximum atomic E-state index is 13.6. The summed E-state index contributed by atoms with van der Waals surface area (Å²) < 4.78 is 46.7. The van der Waals surface area contributed by atoms with Gasteiger partial charge in [-0.3, -0.25) is 0 Å². The number of benzene rings is 2. The fourth-order valence-electron chi connectivity index (χ4n) is 3.11. The van der Waals surface area contributed by atoms with Gasteiger partial charge in [0.15, 0.2) is 0 Å². The minimum Gasteiger partial charge on any atom is -0.362 e. The molecule has 8 heteroatoms. The molecule has 1 heterocycles. The number of likely N-dealkylation sites (tertiary alicyclic amines) is 1. The molecule has 3 rings (SSSR count). The lowest BCUT2D eigenvalue weighted by Gasteiger charge is -2.40. The Morgan fingerprint density at radius 1 is 1.24 bits per heavy atom. The predicted molar refractivity (Wildman–Crippen MR) is 105 cm³/mol. The Bertz CT molecular complexity index is 865. The van der Waals surface area contributed by atoms with Gasteiger partial charge in [-0.1, -0.05) is 48.0 Å². The van der Waals surface area contributed by atoms with Crippen LogP contribution in [0.3, 0.4) is 0 Å². The highest BCUT2D eigenvalue weighted by atomic mass is 35.5. The lowest BCUT2D eigenvalue weighted by Crippen LogP contribution is -2.58. The fraction of sp³-hybridized carbons (Fsp3) is 0.286. The second-order valence-corrected chi connectivity index (χ2v) is 7.09. The number of hydrogen-bond acceptors (Lipinski definition) is 2. The molecule has 0 aromatic heterocycles. The van der Waals surface area contributed by atoms with Crippen LogP contribution in [0.5, 0.6) is 0 Å². The highest BCUT2D eigenvalue weighted by molar-refractivity contribution is 6.30. The lowest BCUT2D eigenvalue weighted by molar-refractivity contribution is -0.140. The zero-order valence-corrected chi connectivity index (χ0v) is 16.2. The Labute approximate surface area is 171 Å². The van der Waals surface area contributed by atoms with Gasteiger partial charge in [-0.2, -0.15) is 13.2 Å². The smallest absolute Gasteiger partial charge is 0.362 e. The van der Waals surface area contributed by atoms with Gasteiger partial charge in [0.05, 0.1) is 24.8 Å². The molecule has 0 bridgehead atoms. The van der Waals surface area contributed by atoms with Gasteiger partial charge in [0.2, 0.25) is 0 Å². The molecule has 1 saturated heterocycles. The van der Waals surface area contributed by atoms with Crippen LogP contribution >= 0.6 is 11.6 Å². The number of halogens is 4. The van der Waals surface area contributed by atoms with Crippen molar-refractivity contribution in [3.63, 3.8) is 0 Å².